The Kier molecular flexibility index (Phi) is 5.46. The van der Waals surface area contributed by atoms with E-state index in [-0.39, 0.29) is 6.10 Å². The summed E-state index contributed by atoms with van der Waals surface area (Å²) >= 11 is 0. The van der Waals surface area contributed by atoms with Crippen LogP contribution in [0.1, 0.15) is 44.9 Å². The van der Waals surface area contributed by atoms with Gasteiger partial charge < -0.3 is 10.0 Å². The Morgan fingerprint density at radius 3 is 2.61 bits per heavy atom. The van der Waals surface area contributed by atoms with Crippen molar-refractivity contribution >= 4 is 0 Å². The van der Waals surface area contributed by atoms with Crippen LogP contribution in [0.3, 0.4) is 0 Å². The summed E-state index contributed by atoms with van der Waals surface area (Å²) in [5.74, 6) is 0.794. The highest BCUT2D eigenvalue weighted by molar-refractivity contribution is 4.80. The van der Waals surface area contributed by atoms with Crippen LogP contribution in [0.2, 0.25) is 0 Å². The second-order valence-electron chi connectivity index (χ2n) is 6.54. The van der Waals surface area contributed by atoms with Gasteiger partial charge in [-0.15, -0.1) is 0 Å². The average Bonchev–Trinajstić information content (AvgIpc) is 2.81. The van der Waals surface area contributed by atoms with E-state index >= 15 is 0 Å². The maximum atomic E-state index is 10.2. The minimum Gasteiger partial charge on any atom is -0.392 e. The third-order valence-corrected chi connectivity index (χ3v) is 4.80. The van der Waals surface area contributed by atoms with Gasteiger partial charge in [0.1, 0.15) is 0 Å². The first-order chi connectivity index (χ1) is 8.65. The first-order valence-corrected chi connectivity index (χ1v) is 7.72. The zero-order chi connectivity index (χ0) is 13.0. The maximum Gasteiger partial charge on any atom is 0.0669 e. The van der Waals surface area contributed by atoms with E-state index in [2.05, 4.69) is 23.9 Å². The molecule has 3 nitrogen and oxygen atoms in total. The number of hydrogen-bond acceptors (Lipinski definition) is 3. The number of likely N-dealkylation sites (tertiary alicyclic amines) is 1. The Morgan fingerprint density at radius 1 is 1.22 bits per heavy atom. The number of nitrogens with zero attached hydrogens (tertiary/aromatic N) is 2. The van der Waals surface area contributed by atoms with Gasteiger partial charge in [0.2, 0.25) is 0 Å². The Bertz CT molecular complexity index is 241. The normalized spacial score (nSPS) is 29.0. The van der Waals surface area contributed by atoms with Gasteiger partial charge in [-0.3, -0.25) is 4.90 Å². The van der Waals surface area contributed by atoms with Gasteiger partial charge in [-0.2, -0.15) is 0 Å². The minimum atomic E-state index is -0.120. The molecule has 1 heterocycles. The molecule has 106 valence electrons. The highest BCUT2D eigenvalue weighted by Gasteiger charge is 2.24. The summed E-state index contributed by atoms with van der Waals surface area (Å²) in [4.78, 5) is 4.79. The molecule has 0 aromatic carbocycles. The molecular weight excluding hydrogens is 224 g/mol. The van der Waals surface area contributed by atoms with E-state index in [1.165, 1.54) is 45.1 Å². The molecule has 0 aromatic rings. The molecule has 2 unspecified atom stereocenters. The summed E-state index contributed by atoms with van der Waals surface area (Å²) in [6.07, 6.45) is 8.92. The molecule has 0 aromatic heterocycles. The van der Waals surface area contributed by atoms with Gasteiger partial charge in [0, 0.05) is 19.1 Å². The topological polar surface area (TPSA) is 26.7 Å². The average molecular weight is 254 g/mol. The monoisotopic (exact) mass is 254 g/mol. The first kappa shape index (κ1) is 14.3. The predicted molar refractivity (Wildman–Crippen MR) is 75.7 cm³/mol. The van der Waals surface area contributed by atoms with E-state index in [1.807, 2.05) is 0 Å². The van der Waals surface area contributed by atoms with Gasteiger partial charge in [0.25, 0.3) is 0 Å². The van der Waals surface area contributed by atoms with E-state index in [0.717, 1.165) is 25.4 Å². The molecule has 1 aliphatic heterocycles. The van der Waals surface area contributed by atoms with E-state index in [9.17, 15) is 5.11 Å². The van der Waals surface area contributed by atoms with Crippen LogP contribution in [-0.4, -0.2) is 60.8 Å². The number of aliphatic hydroxyl groups excluding tert-OH is 1. The van der Waals surface area contributed by atoms with Gasteiger partial charge in [-0.05, 0) is 45.8 Å². The van der Waals surface area contributed by atoms with Crippen LogP contribution in [0.4, 0.5) is 0 Å². The highest BCUT2D eigenvalue weighted by atomic mass is 16.3. The fourth-order valence-corrected chi connectivity index (χ4v) is 3.69. The van der Waals surface area contributed by atoms with Crippen LogP contribution >= 0.6 is 0 Å². The number of aliphatic hydroxyl groups is 1. The summed E-state index contributed by atoms with van der Waals surface area (Å²) in [6, 6.07) is 0.641. The lowest BCUT2D eigenvalue weighted by atomic mass is 9.99. The largest absolute Gasteiger partial charge is 0.392 e. The second kappa shape index (κ2) is 6.88. The zero-order valence-electron chi connectivity index (χ0n) is 12.1. The Morgan fingerprint density at radius 2 is 1.94 bits per heavy atom. The molecule has 2 atom stereocenters. The Balaban J connectivity index is 1.70. The molecule has 2 aliphatic rings. The number of hydrogen-bond donors (Lipinski definition) is 1. The van der Waals surface area contributed by atoms with E-state index < -0.39 is 0 Å². The van der Waals surface area contributed by atoms with Crippen molar-refractivity contribution in [2.75, 3.05) is 33.7 Å². The van der Waals surface area contributed by atoms with Gasteiger partial charge in [-0.25, -0.2) is 0 Å². The van der Waals surface area contributed by atoms with Crippen LogP contribution in [0.25, 0.3) is 0 Å². The molecule has 0 bridgehead atoms. The molecule has 3 heteroatoms. The molecule has 1 aliphatic carbocycles. The molecule has 18 heavy (non-hydrogen) atoms. The predicted octanol–water partition coefficient (Wildman–Crippen LogP) is 1.95. The lowest BCUT2D eigenvalue weighted by molar-refractivity contribution is 0.0618. The van der Waals surface area contributed by atoms with E-state index in [0.29, 0.717) is 6.04 Å². The second-order valence-corrected chi connectivity index (χ2v) is 6.54. The summed E-state index contributed by atoms with van der Waals surface area (Å²) < 4.78 is 0. The smallest absolute Gasteiger partial charge is 0.0669 e. The van der Waals surface area contributed by atoms with Crippen LogP contribution in [0.5, 0.6) is 0 Å². The molecule has 1 N–H and O–H groups in total. The molecule has 2 fully saturated rings. The fourth-order valence-electron chi connectivity index (χ4n) is 3.69. The van der Waals surface area contributed by atoms with Crippen molar-refractivity contribution in [1.29, 1.82) is 0 Å². The summed E-state index contributed by atoms with van der Waals surface area (Å²) in [5.41, 5.74) is 0. The quantitative estimate of drug-likeness (QED) is 0.812. The summed E-state index contributed by atoms with van der Waals surface area (Å²) in [7, 11) is 4.39. The van der Waals surface area contributed by atoms with Crippen molar-refractivity contribution in [2.45, 2.75) is 57.1 Å². The minimum absolute atomic E-state index is 0.120. The molecule has 0 amide bonds. The van der Waals surface area contributed by atoms with Crippen LogP contribution in [0.15, 0.2) is 0 Å². The van der Waals surface area contributed by atoms with Crippen LogP contribution < -0.4 is 0 Å². The Hall–Kier alpha value is -0.120. The van der Waals surface area contributed by atoms with Crippen LogP contribution in [0, 0.1) is 5.92 Å². The molecular formula is C15H30N2O. The van der Waals surface area contributed by atoms with Crippen molar-refractivity contribution in [3.8, 4) is 0 Å². The molecule has 1 saturated carbocycles. The van der Waals surface area contributed by atoms with Crippen molar-refractivity contribution < 1.29 is 5.11 Å². The summed E-state index contributed by atoms with van der Waals surface area (Å²) in [5, 5.41) is 10.2. The summed E-state index contributed by atoms with van der Waals surface area (Å²) in [6.45, 7) is 3.25. The van der Waals surface area contributed by atoms with Crippen molar-refractivity contribution in [3.05, 3.63) is 0 Å². The van der Waals surface area contributed by atoms with Crippen molar-refractivity contribution in [3.63, 3.8) is 0 Å². The van der Waals surface area contributed by atoms with Gasteiger partial charge in [0.05, 0.1) is 6.10 Å². The lowest BCUT2D eigenvalue weighted by Crippen LogP contribution is -2.47. The fraction of sp³-hybridized carbons (Fsp3) is 1.00. The maximum absolute atomic E-state index is 10.2. The third kappa shape index (κ3) is 4.22. The SMILES string of the molecule is CN1CCCC(N(C)CC(O)CC2CCCC2)C1. The molecule has 0 spiro atoms. The molecule has 2 rings (SSSR count). The lowest BCUT2D eigenvalue weighted by Gasteiger charge is -2.37. The van der Waals surface area contributed by atoms with E-state index in [4.69, 9.17) is 0 Å². The Labute approximate surface area is 112 Å². The first-order valence-electron chi connectivity index (χ1n) is 7.72. The molecule has 1 saturated heterocycles. The standard InChI is InChI=1S/C15H30N2O/c1-16-9-5-8-14(11-16)17(2)12-15(18)10-13-6-3-4-7-13/h13-15,18H,3-12H2,1-2H3. The number of rotatable bonds is 5. The van der Waals surface area contributed by atoms with E-state index in [1.54, 1.807) is 0 Å². The van der Waals surface area contributed by atoms with Crippen LogP contribution in [-0.2, 0) is 0 Å². The third-order valence-electron chi connectivity index (χ3n) is 4.80. The van der Waals surface area contributed by atoms with Gasteiger partial charge >= 0.3 is 0 Å². The van der Waals surface area contributed by atoms with Crippen molar-refractivity contribution in [2.24, 2.45) is 5.92 Å². The zero-order valence-corrected chi connectivity index (χ0v) is 12.1. The van der Waals surface area contributed by atoms with Gasteiger partial charge in [-0.1, -0.05) is 25.7 Å². The highest BCUT2D eigenvalue weighted by Crippen LogP contribution is 2.28. The molecule has 0 radical (unpaired) electrons. The van der Waals surface area contributed by atoms with Crippen molar-refractivity contribution in [1.82, 2.24) is 9.80 Å². The number of likely N-dealkylation sites (N-methyl/N-ethyl adjacent to an activating group) is 2. The van der Waals surface area contributed by atoms with Gasteiger partial charge in [0.15, 0.2) is 0 Å². The number of piperidine rings is 1.